The van der Waals surface area contributed by atoms with Crippen LogP contribution in [-0.4, -0.2) is 43.5 Å². The number of nitrogens with one attached hydrogen (secondary N) is 1. The SMILES string of the molecule is CCOc1cc(C(=O)N(C)CC(=O)Nc2c(C)cc(C)cc2C)ccc1OC(F)F. The maximum absolute atomic E-state index is 12.7. The van der Waals surface area contributed by atoms with E-state index in [0.717, 1.165) is 22.4 Å². The van der Waals surface area contributed by atoms with Crippen molar-refractivity contribution < 1.29 is 27.8 Å². The van der Waals surface area contributed by atoms with Crippen LogP contribution in [0.25, 0.3) is 0 Å². The number of hydrogen-bond acceptors (Lipinski definition) is 4. The molecule has 0 heterocycles. The summed E-state index contributed by atoms with van der Waals surface area (Å²) in [5.41, 5.74) is 3.88. The molecule has 0 aromatic heterocycles. The number of hydrogen-bond donors (Lipinski definition) is 1. The number of amides is 2. The van der Waals surface area contributed by atoms with Gasteiger partial charge in [0.25, 0.3) is 5.91 Å². The maximum Gasteiger partial charge on any atom is 0.387 e. The van der Waals surface area contributed by atoms with Crippen molar-refractivity contribution in [2.24, 2.45) is 0 Å². The molecule has 2 rings (SSSR count). The molecule has 2 amide bonds. The van der Waals surface area contributed by atoms with Crippen LogP contribution in [-0.2, 0) is 4.79 Å². The number of halogens is 2. The minimum Gasteiger partial charge on any atom is -0.490 e. The molecule has 6 nitrogen and oxygen atoms in total. The highest BCUT2D eigenvalue weighted by molar-refractivity contribution is 6.00. The van der Waals surface area contributed by atoms with E-state index in [0.29, 0.717) is 0 Å². The van der Waals surface area contributed by atoms with Gasteiger partial charge in [0.2, 0.25) is 5.91 Å². The van der Waals surface area contributed by atoms with Crippen LogP contribution < -0.4 is 14.8 Å². The fraction of sp³-hybridized carbons (Fsp3) is 0.364. The first-order valence-electron chi connectivity index (χ1n) is 9.47. The number of likely N-dealkylation sites (N-methyl/N-ethyl adjacent to an activating group) is 1. The summed E-state index contributed by atoms with van der Waals surface area (Å²) in [6, 6.07) is 7.86. The number of carbonyl (C=O) groups excluding carboxylic acids is 2. The summed E-state index contributed by atoms with van der Waals surface area (Å²) in [5, 5.41) is 2.84. The summed E-state index contributed by atoms with van der Waals surface area (Å²) >= 11 is 0. The van der Waals surface area contributed by atoms with Crippen LogP contribution in [0.5, 0.6) is 11.5 Å². The molecule has 0 spiro atoms. The largest absolute Gasteiger partial charge is 0.490 e. The molecule has 0 saturated carbocycles. The van der Waals surface area contributed by atoms with Crippen molar-refractivity contribution in [1.29, 1.82) is 0 Å². The highest BCUT2D eigenvalue weighted by atomic mass is 19.3. The van der Waals surface area contributed by atoms with Crippen molar-refractivity contribution in [3.8, 4) is 11.5 Å². The van der Waals surface area contributed by atoms with Crippen LogP contribution in [0.15, 0.2) is 30.3 Å². The molecule has 8 heteroatoms. The maximum atomic E-state index is 12.7. The van der Waals surface area contributed by atoms with Gasteiger partial charge in [0.05, 0.1) is 13.2 Å². The number of aryl methyl sites for hydroxylation is 3. The number of nitrogens with zero attached hydrogens (tertiary/aromatic N) is 1. The number of ether oxygens (including phenoxy) is 2. The van der Waals surface area contributed by atoms with Gasteiger partial charge >= 0.3 is 6.61 Å². The summed E-state index contributed by atoms with van der Waals surface area (Å²) in [6.45, 7) is 4.50. The van der Waals surface area contributed by atoms with Crippen LogP contribution in [0, 0.1) is 20.8 Å². The number of anilines is 1. The zero-order valence-corrected chi connectivity index (χ0v) is 17.7. The molecule has 0 aliphatic heterocycles. The molecule has 0 aliphatic carbocycles. The topological polar surface area (TPSA) is 67.9 Å². The minimum atomic E-state index is -3.01. The Morgan fingerprint density at radius 2 is 1.70 bits per heavy atom. The van der Waals surface area contributed by atoms with Gasteiger partial charge in [-0.15, -0.1) is 0 Å². The summed E-state index contributed by atoms with van der Waals surface area (Å²) < 4.78 is 34.8. The fourth-order valence-corrected chi connectivity index (χ4v) is 3.17. The smallest absolute Gasteiger partial charge is 0.387 e. The molecule has 2 aromatic rings. The van der Waals surface area contributed by atoms with Gasteiger partial charge in [-0.3, -0.25) is 9.59 Å². The first-order chi connectivity index (χ1) is 14.1. The van der Waals surface area contributed by atoms with Gasteiger partial charge in [-0.25, -0.2) is 0 Å². The van der Waals surface area contributed by atoms with E-state index in [1.807, 2.05) is 32.9 Å². The third-order valence-corrected chi connectivity index (χ3v) is 4.38. The van der Waals surface area contributed by atoms with E-state index in [9.17, 15) is 18.4 Å². The van der Waals surface area contributed by atoms with Crippen molar-refractivity contribution in [2.75, 3.05) is 25.5 Å². The Bertz CT molecular complexity index is 908. The number of alkyl halides is 2. The molecule has 0 unspecified atom stereocenters. The van der Waals surface area contributed by atoms with E-state index in [4.69, 9.17) is 4.74 Å². The monoisotopic (exact) mass is 420 g/mol. The van der Waals surface area contributed by atoms with Gasteiger partial charge in [0, 0.05) is 18.3 Å². The first-order valence-corrected chi connectivity index (χ1v) is 9.47. The Morgan fingerprint density at radius 3 is 2.27 bits per heavy atom. The van der Waals surface area contributed by atoms with Crippen molar-refractivity contribution in [3.63, 3.8) is 0 Å². The second-order valence-electron chi connectivity index (χ2n) is 6.96. The molecule has 0 aliphatic rings. The van der Waals surface area contributed by atoms with E-state index < -0.39 is 12.5 Å². The van der Waals surface area contributed by atoms with Gasteiger partial charge in [-0.1, -0.05) is 17.7 Å². The van der Waals surface area contributed by atoms with Gasteiger partial charge < -0.3 is 19.7 Å². The Hall–Kier alpha value is -3.16. The van der Waals surface area contributed by atoms with Gasteiger partial charge in [0.1, 0.15) is 0 Å². The van der Waals surface area contributed by atoms with E-state index in [-0.39, 0.29) is 36.1 Å². The van der Waals surface area contributed by atoms with Crippen LogP contribution in [0.2, 0.25) is 0 Å². The van der Waals surface area contributed by atoms with E-state index in [2.05, 4.69) is 10.1 Å². The lowest BCUT2D eigenvalue weighted by molar-refractivity contribution is -0.116. The molecule has 0 fully saturated rings. The van der Waals surface area contributed by atoms with Gasteiger partial charge in [-0.05, 0) is 57.0 Å². The fourth-order valence-electron chi connectivity index (χ4n) is 3.17. The van der Waals surface area contributed by atoms with Crippen LogP contribution >= 0.6 is 0 Å². The molecular weight excluding hydrogens is 394 g/mol. The molecule has 0 bridgehead atoms. The highest BCUT2D eigenvalue weighted by Gasteiger charge is 2.19. The molecular formula is C22H26F2N2O4. The van der Waals surface area contributed by atoms with E-state index >= 15 is 0 Å². The Balaban J connectivity index is 2.11. The molecule has 1 N–H and O–H groups in total. The minimum absolute atomic E-state index is 0.0346. The van der Waals surface area contributed by atoms with E-state index in [1.165, 1.54) is 30.1 Å². The Labute approximate surface area is 174 Å². The average Bonchev–Trinajstić information content (AvgIpc) is 2.65. The third-order valence-electron chi connectivity index (χ3n) is 4.38. The van der Waals surface area contributed by atoms with E-state index in [1.54, 1.807) is 6.92 Å². The Kier molecular flexibility index (Phi) is 7.74. The van der Waals surface area contributed by atoms with Crippen molar-refractivity contribution in [1.82, 2.24) is 4.90 Å². The number of benzene rings is 2. The average molecular weight is 420 g/mol. The van der Waals surface area contributed by atoms with Crippen molar-refractivity contribution in [2.45, 2.75) is 34.3 Å². The molecule has 162 valence electrons. The molecule has 2 aromatic carbocycles. The molecule has 0 radical (unpaired) electrons. The lowest BCUT2D eigenvalue weighted by atomic mass is 10.1. The second kappa shape index (κ2) is 10.0. The molecule has 30 heavy (non-hydrogen) atoms. The zero-order valence-electron chi connectivity index (χ0n) is 17.7. The van der Waals surface area contributed by atoms with Crippen LogP contribution in [0.3, 0.4) is 0 Å². The lowest BCUT2D eigenvalue weighted by Gasteiger charge is -2.19. The van der Waals surface area contributed by atoms with Crippen LogP contribution in [0.1, 0.15) is 34.0 Å². The number of rotatable bonds is 8. The van der Waals surface area contributed by atoms with Crippen LogP contribution in [0.4, 0.5) is 14.5 Å². The number of carbonyl (C=O) groups is 2. The second-order valence-corrected chi connectivity index (χ2v) is 6.96. The summed E-state index contributed by atoms with van der Waals surface area (Å²) in [7, 11) is 1.49. The van der Waals surface area contributed by atoms with Gasteiger partial charge in [-0.2, -0.15) is 8.78 Å². The lowest BCUT2D eigenvalue weighted by Crippen LogP contribution is -2.35. The van der Waals surface area contributed by atoms with Crippen molar-refractivity contribution in [3.05, 3.63) is 52.6 Å². The Morgan fingerprint density at radius 1 is 1.07 bits per heavy atom. The predicted molar refractivity (Wildman–Crippen MR) is 110 cm³/mol. The summed E-state index contributed by atoms with van der Waals surface area (Å²) in [6.07, 6.45) is 0. The zero-order chi connectivity index (χ0) is 22.4. The summed E-state index contributed by atoms with van der Waals surface area (Å²) in [5.74, 6) is -0.919. The normalized spacial score (nSPS) is 10.7. The molecule has 0 saturated heterocycles. The summed E-state index contributed by atoms with van der Waals surface area (Å²) in [4.78, 5) is 26.4. The first kappa shape index (κ1) is 23.1. The van der Waals surface area contributed by atoms with Gasteiger partial charge in [0.15, 0.2) is 11.5 Å². The van der Waals surface area contributed by atoms with Crippen molar-refractivity contribution >= 4 is 17.5 Å². The third kappa shape index (κ3) is 5.92. The highest BCUT2D eigenvalue weighted by Crippen LogP contribution is 2.30. The predicted octanol–water partition coefficient (Wildman–Crippen LogP) is 4.32. The quantitative estimate of drug-likeness (QED) is 0.691. The standard InChI is InChI=1S/C22H26F2N2O4/c1-6-29-18-11-16(7-8-17(18)30-22(23)24)21(28)26(5)12-19(27)25-20-14(3)9-13(2)10-15(20)4/h7-11,22H,6,12H2,1-5H3,(H,25,27). The molecule has 0 atom stereocenters.